The molecule has 2 amide bonds. The first-order chi connectivity index (χ1) is 22.0. The predicted molar refractivity (Wildman–Crippen MR) is 169 cm³/mol. The van der Waals surface area contributed by atoms with Crippen molar-refractivity contribution in [1.82, 2.24) is 20.6 Å². The Bertz CT molecular complexity index is 1350. The van der Waals surface area contributed by atoms with Crippen LogP contribution in [-0.4, -0.2) is 70.8 Å². The number of nitrogens with zero attached hydrogens (tertiary/aromatic N) is 2. The summed E-state index contributed by atoms with van der Waals surface area (Å²) in [5, 5.41) is 21.0. The molecule has 2 aliphatic heterocycles. The van der Waals surface area contributed by atoms with E-state index in [1.54, 1.807) is 5.48 Å². The van der Waals surface area contributed by atoms with Crippen molar-refractivity contribution >= 4 is 11.8 Å². The molecule has 45 heavy (non-hydrogen) atoms. The molecule has 240 valence electrons. The number of carbonyl (C=O) groups excluding carboxylic acids is 2. The Balaban J connectivity index is 1.18. The Hall–Kier alpha value is -3.64. The van der Waals surface area contributed by atoms with E-state index in [1.807, 2.05) is 48.5 Å². The molecule has 4 N–H and O–H groups in total. The zero-order valence-electron chi connectivity index (χ0n) is 25.6. The minimum absolute atomic E-state index is 0.00405. The van der Waals surface area contributed by atoms with Crippen molar-refractivity contribution in [2.24, 2.45) is 0 Å². The largest absolute Gasteiger partial charge is 0.392 e. The molecule has 3 aromatic rings. The summed E-state index contributed by atoms with van der Waals surface area (Å²) in [6.07, 6.45) is 0.710. The topological polar surface area (TPSA) is 124 Å². The maximum atomic E-state index is 12.1. The molecule has 0 aromatic heterocycles. The van der Waals surface area contributed by atoms with Crippen molar-refractivity contribution in [3.05, 3.63) is 107 Å². The van der Waals surface area contributed by atoms with Gasteiger partial charge in [0.05, 0.1) is 18.8 Å². The second-order valence-electron chi connectivity index (χ2n) is 11.8. The van der Waals surface area contributed by atoms with Crippen LogP contribution >= 0.6 is 0 Å². The van der Waals surface area contributed by atoms with Gasteiger partial charge in [-0.05, 0) is 28.7 Å². The number of ether oxygens (including phenoxy) is 2. The van der Waals surface area contributed by atoms with Gasteiger partial charge in [0.15, 0.2) is 6.29 Å². The van der Waals surface area contributed by atoms with Crippen LogP contribution in [0.3, 0.4) is 0 Å². The van der Waals surface area contributed by atoms with Gasteiger partial charge >= 0.3 is 0 Å². The van der Waals surface area contributed by atoms with E-state index in [0.717, 1.165) is 67.9 Å². The van der Waals surface area contributed by atoms with Crippen LogP contribution in [0.4, 0.5) is 0 Å². The monoisotopic (exact) mass is 616 g/mol. The number of benzene rings is 3. The van der Waals surface area contributed by atoms with Crippen molar-refractivity contribution in [3.63, 3.8) is 0 Å². The summed E-state index contributed by atoms with van der Waals surface area (Å²) in [4.78, 5) is 28.3. The lowest BCUT2D eigenvalue weighted by Gasteiger charge is -2.40. The molecule has 0 aliphatic carbocycles. The second-order valence-corrected chi connectivity index (χ2v) is 11.8. The Morgan fingerprint density at radius 3 is 2.09 bits per heavy atom. The van der Waals surface area contributed by atoms with Crippen molar-refractivity contribution in [2.45, 2.75) is 63.9 Å². The lowest BCUT2D eigenvalue weighted by molar-refractivity contribution is -0.253. The van der Waals surface area contributed by atoms with E-state index in [4.69, 9.17) is 14.7 Å². The summed E-state index contributed by atoms with van der Waals surface area (Å²) >= 11 is 0. The molecule has 3 atom stereocenters. The standard InChI is InChI=1S/C35H44N4O6/c40-25-28-11-13-29(14-12-28)32-21-31(24-39-19-17-38(18-20-39)23-27-5-2-1-3-6-27)44-35(45-32)30-15-9-26(10-16-30)22-36-33(41)7-4-8-34(42)37-43/h1-3,5-6,9-16,31-32,35,40,43H,4,7-8,17-25H2,(H,36,41)(H,37,42). The van der Waals surface area contributed by atoms with Crippen LogP contribution < -0.4 is 10.8 Å². The van der Waals surface area contributed by atoms with Gasteiger partial charge in [0.25, 0.3) is 0 Å². The quantitative estimate of drug-likeness (QED) is 0.169. The number of hydrogen-bond donors (Lipinski definition) is 4. The fourth-order valence-corrected chi connectivity index (χ4v) is 5.84. The SMILES string of the molecule is O=C(CCCC(=O)NCc1ccc(C2OC(CN3CCN(Cc4ccccc4)CC3)CC(c3ccc(CO)cc3)O2)cc1)NO. The van der Waals surface area contributed by atoms with Gasteiger partial charge in [-0.2, -0.15) is 0 Å². The Labute approximate surface area is 264 Å². The van der Waals surface area contributed by atoms with E-state index in [-0.39, 0.29) is 37.6 Å². The fraction of sp³-hybridized carbons (Fsp3) is 0.429. The lowest BCUT2D eigenvalue weighted by atomic mass is 9.99. The minimum Gasteiger partial charge on any atom is -0.392 e. The average Bonchev–Trinajstić information content (AvgIpc) is 3.08. The highest BCUT2D eigenvalue weighted by Crippen LogP contribution is 2.38. The number of nitrogens with one attached hydrogen (secondary N) is 2. The van der Waals surface area contributed by atoms with Crippen molar-refractivity contribution < 1.29 is 29.4 Å². The molecule has 10 heteroatoms. The summed E-state index contributed by atoms with van der Waals surface area (Å²) in [5.41, 5.74) is 6.70. The molecule has 2 saturated heterocycles. The fourth-order valence-electron chi connectivity index (χ4n) is 5.84. The molecule has 0 bridgehead atoms. The molecule has 0 spiro atoms. The third-order valence-electron chi connectivity index (χ3n) is 8.46. The number of amides is 2. The highest BCUT2D eigenvalue weighted by molar-refractivity contribution is 5.78. The van der Waals surface area contributed by atoms with E-state index >= 15 is 0 Å². The molecule has 0 radical (unpaired) electrons. The number of hydrogen-bond acceptors (Lipinski definition) is 8. The zero-order chi connectivity index (χ0) is 31.4. The smallest absolute Gasteiger partial charge is 0.243 e. The van der Waals surface area contributed by atoms with Crippen molar-refractivity contribution in [2.75, 3.05) is 32.7 Å². The van der Waals surface area contributed by atoms with Crippen molar-refractivity contribution in [1.29, 1.82) is 0 Å². The number of aliphatic hydroxyl groups excluding tert-OH is 1. The maximum Gasteiger partial charge on any atom is 0.243 e. The molecule has 3 unspecified atom stereocenters. The van der Waals surface area contributed by atoms with Gasteiger partial charge in [0, 0.05) is 70.6 Å². The van der Waals surface area contributed by atoms with Crippen LogP contribution in [-0.2, 0) is 38.8 Å². The van der Waals surface area contributed by atoms with Gasteiger partial charge in [-0.25, -0.2) is 5.48 Å². The predicted octanol–water partition coefficient (Wildman–Crippen LogP) is 3.83. The summed E-state index contributed by atoms with van der Waals surface area (Å²) in [5.74, 6) is -0.652. The number of aliphatic hydroxyl groups is 1. The maximum absolute atomic E-state index is 12.1. The van der Waals surface area contributed by atoms with E-state index < -0.39 is 12.2 Å². The Morgan fingerprint density at radius 2 is 1.40 bits per heavy atom. The normalized spacial score (nSPS) is 20.9. The second kappa shape index (κ2) is 16.6. The highest BCUT2D eigenvalue weighted by Gasteiger charge is 2.33. The average molecular weight is 617 g/mol. The number of hydroxylamine groups is 1. The first-order valence-electron chi connectivity index (χ1n) is 15.8. The van der Waals surface area contributed by atoms with Crippen LogP contribution in [0.5, 0.6) is 0 Å². The van der Waals surface area contributed by atoms with Gasteiger partial charge in [-0.3, -0.25) is 24.6 Å². The van der Waals surface area contributed by atoms with E-state index in [0.29, 0.717) is 13.0 Å². The zero-order valence-corrected chi connectivity index (χ0v) is 25.6. The molecular weight excluding hydrogens is 572 g/mol. The molecule has 0 saturated carbocycles. The van der Waals surface area contributed by atoms with Crippen LogP contribution in [0.15, 0.2) is 78.9 Å². The van der Waals surface area contributed by atoms with Gasteiger partial charge in [0.2, 0.25) is 11.8 Å². The minimum atomic E-state index is -0.535. The lowest BCUT2D eigenvalue weighted by Crippen LogP contribution is -2.49. The number of rotatable bonds is 13. The van der Waals surface area contributed by atoms with Gasteiger partial charge < -0.3 is 19.9 Å². The van der Waals surface area contributed by atoms with Gasteiger partial charge in [-0.15, -0.1) is 0 Å². The summed E-state index contributed by atoms with van der Waals surface area (Å²) in [7, 11) is 0. The Morgan fingerprint density at radius 1 is 0.756 bits per heavy atom. The third-order valence-corrected chi connectivity index (χ3v) is 8.46. The van der Waals surface area contributed by atoms with Crippen molar-refractivity contribution in [3.8, 4) is 0 Å². The van der Waals surface area contributed by atoms with Gasteiger partial charge in [0.1, 0.15) is 0 Å². The molecule has 2 aliphatic rings. The van der Waals surface area contributed by atoms with E-state index in [2.05, 4.69) is 45.4 Å². The first-order valence-corrected chi connectivity index (χ1v) is 15.8. The van der Waals surface area contributed by atoms with Crippen LogP contribution in [0.1, 0.15) is 65.9 Å². The number of piperazine rings is 1. The summed E-state index contributed by atoms with van der Waals surface area (Å²) in [6.45, 7) is 6.19. The molecule has 3 aromatic carbocycles. The molecule has 5 rings (SSSR count). The highest BCUT2D eigenvalue weighted by atomic mass is 16.7. The van der Waals surface area contributed by atoms with E-state index in [9.17, 15) is 14.7 Å². The van der Waals surface area contributed by atoms with Crippen LogP contribution in [0, 0.1) is 0 Å². The molecule has 2 fully saturated rings. The molecule has 10 nitrogen and oxygen atoms in total. The summed E-state index contributed by atoms with van der Waals surface area (Å²) in [6, 6.07) is 26.4. The van der Waals surface area contributed by atoms with E-state index in [1.165, 1.54) is 5.56 Å². The van der Waals surface area contributed by atoms with Crippen LogP contribution in [0.2, 0.25) is 0 Å². The first kappa shape index (κ1) is 32.7. The number of carbonyl (C=O) groups is 2. The third kappa shape index (κ3) is 9.92. The van der Waals surface area contributed by atoms with Crippen LogP contribution in [0.25, 0.3) is 0 Å². The summed E-state index contributed by atoms with van der Waals surface area (Å²) < 4.78 is 13.1. The molecular formula is C35H44N4O6. The molecule has 2 heterocycles. The Kier molecular flexibility index (Phi) is 12.1. The van der Waals surface area contributed by atoms with Gasteiger partial charge in [-0.1, -0.05) is 78.9 Å².